The lowest BCUT2D eigenvalue weighted by molar-refractivity contribution is -0.137. The summed E-state index contributed by atoms with van der Waals surface area (Å²) in [6, 6.07) is 5.18. The lowest BCUT2D eigenvalue weighted by Crippen LogP contribution is -2.48. The van der Waals surface area contributed by atoms with Gasteiger partial charge in [-0.2, -0.15) is 13.2 Å². The van der Waals surface area contributed by atoms with Crippen molar-refractivity contribution in [2.75, 3.05) is 13.1 Å². The van der Waals surface area contributed by atoms with Crippen molar-refractivity contribution < 1.29 is 18.0 Å². The molecule has 3 rings (SSSR count). The van der Waals surface area contributed by atoms with Crippen molar-refractivity contribution in [3.8, 4) is 0 Å². The third kappa shape index (κ3) is 5.06. The Balaban J connectivity index is 1.57. The zero-order valence-electron chi connectivity index (χ0n) is 16.5. The van der Waals surface area contributed by atoms with Gasteiger partial charge < -0.3 is 11.1 Å². The van der Waals surface area contributed by atoms with Crippen molar-refractivity contribution in [1.29, 1.82) is 0 Å². The van der Waals surface area contributed by atoms with Gasteiger partial charge in [0, 0.05) is 25.7 Å². The van der Waals surface area contributed by atoms with Crippen molar-refractivity contribution >= 4 is 5.91 Å². The summed E-state index contributed by atoms with van der Waals surface area (Å²) >= 11 is 0. The van der Waals surface area contributed by atoms with Crippen LogP contribution in [0.2, 0.25) is 0 Å². The minimum Gasteiger partial charge on any atom is -0.352 e. The van der Waals surface area contributed by atoms with Crippen LogP contribution in [0.5, 0.6) is 0 Å². The van der Waals surface area contributed by atoms with E-state index in [2.05, 4.69) is 10.2 Å². The number of nitrogens with one attached hydrogen (secondary N) is 1. The monoisotopic (exact) mass is 397 g/mol. The summed E-state index contributed by atoms with van der Waals surface area (Å²) in [7, 11) is 0. The fraction of sp³-hybridized carbons (Fsp3) is 0.667. The summed E-state index contributed by atoms with van der Waals surface area (Å²) in [4.78, 5) is 14.6. The van der Waals surface area contributed by atoms with Crippen LogP contribution in [0, 0.1) is 17.8 Å². The molecule has 2 fully saturated rings. The number of nitrogens with zero attached hydrogens (tertiary/aromatic N) is 1. The van der Waals surface area contributed by atoms with Crippen LogP contribution >= 0.6 is 0 Å². The van der Waals surface area contributed by atoms with E-state index < -0.39 is 17.8 Å². The number of alkyl halides is 3. The molecule has 4 nitrogen and oxygen atoms in total. The number of likely N-dealkylation sites (tertiary alicyclic amines) is 1. The Bertz CT molecular complexity index is 692. The van der Waals surface area contributed by atoms with Gasteiger partial charge in [0.15, 0.2) is 0 Å². The van der Waals surface area contributed by atoms with E-state index in [1.54, 1.807) is 6.07 Å². The van der Waals surface area contributed by atoms with Gasteiger partial charge in [0.25, 0.3) is 0 Å². The number of carbonyl (C=O) groups excluding carboxylic acids is 1. The number of benzene rings is 1. The molecule has 1 aliphatic heterocycles. The van der Waals surface area contributed by atoms with Crippen LogP contribution in [0.25, 0.3) is 0 Å². The first-order chi connectivity index (χ1) is 13.1. The summed E-state index contributed by atoms with van der Waals surface area (Å²) in [5.74, 6) is 1.11. The largest absolute Gasteiger partial charge is 0.416 e. The maximum atomic E-state index is 12.9. The van der Waals surface area contributed by atoms with Crippen LogP contribution in [0.1, 0.15) is 44.2 Å². The van der Waals surface area contributed by atoms with Crippen molar-refractivity contribution in [1.82, 2.24) is 10.2 Å². The Morgan fingerprint density at radius 3 is 2.71 bits per heavy atom. The highest BCUT2D eigenvalue weighted by molar-refractivity contribution is 5.81. The SMILES string of the molecule is CC(C)C[C@@H](N)C(=O)NC1CC[C@H]2CN(Cc3cccc(C(F)(F)F)c3)CC12. The van der Waals surface area contributed by atoms with Gasteiger partial charge in [-0.05, 0) is 48.6 Å². The molecule has 0 spiro atoms. The molecule has 2 aliphatic rings. The maximum absolute atomic E-state index is 12.9. The van der Waals surface area contributed by atoms with Crippen molar-refractivity contribution in [2.24, 2.45) is 23.5 Å². The highest BCUT2D eigenvalue weighted by Crippen LogP contribution is 2.39. The van der Waals surface area contributed by atoms with Crippen molar-refractivity contribution in [3.63, 3.8) is 0 Å². The fourth-order valence-electron chi connectivity index (χ4n) is 4.67. The van der Waals surface area contributed by atoms with Gasteiger partial charge in [-0.3, -0.25) is 9.69 Å². The number of hydrogen-bond acceptors (Lipinski definition) is 3. The molecule has 1 aromatic rings. The van der Waals surface area contributed by atoms with Gasteiger partial charge in [-0.25, -0.2) is 0 Å². The van der Waals surface area contributed by atoms with E-state index in [0.717, 1.165) is 32.0 Å². The zero-order chi connectivity index (χ0) is 20.5. The molecule has 1 saturated heterocycles. The van der Waals surface area contributed by atoms with Crippen LogP contribution in [-0.2, 0) is 17.5 Å². The first-order valence-corrected chi connectivity index (χ1v) is 10.1. The number of hydrogen-bond donors (Lipinski definition) is 2. The third-order valence-electron chi connectivity index (χ3n) is 5.98. The van der Waals surface area contributed by atoms with Crippen LogP contribution in [0.4, 0.5) is 13.2 Å². The number of carbonyl (C=O) groups is 1. The van der Waals surface area contributed by atoms with Crippen molar-refractivity contribution in [3.05, 3.63) is 35.4 Å². The highest BCUT2D eigenvalue weighted by atomic mass is 19.4. The summed E-state index contributed by atoms with van der Waals surface area (Å²) in [5, 5.41) is 3.13. The number of fused-ring (bicyclic) bond motifs is 1. The summed E-state index contributed by atoms with van der Waals surface area (Å²) in [5.41, 5.74) is 6.07. The van der Waals surface area contributed by atoms with E-state index in [1.807, 2.05) is 13.8 Å². The van der Waals surface area contributed by atoms with Gasteiger partial charge in [0.05, 0.1) is 11.6 Å². The predicted octanol–water partition coefficient (Wildman–Crippen LogP) is 3.41. The molecule has 0 aromatic heterocycles. The molecule has 2 unspecified atom stereocenters. The Labute approximate surface area is 164 Å². The van der Waals surface area contributed by atoms with Crippen LogP contribution in [0.3, 0.4) is 0 Å². The van der Waals surface area contributed by atoms with Crippen LogP contribution in [0.15, 0.2) is 24.3 Å². The van der Waals surface area contributed by atoms with E-state index >= 15 is 0 Å². The molecular weight excluding hydrogens is 367 g/mol. The van der Waals surface area contributed by atoms with Crippen molar-refractivity contribution in [2.45, 2.75) is 57.9 Å². The summed E-state index contributed by atoms with van der Waals surface area (Å²) in [6.07, 6.45) is -1.67. The molecule has 156 valence electrons. The second kappa shape index (κ2) is 8.41. The molecule has 0 radical (unpaired) electrons. The number of rotatable bonds is 6. The molecule has 1 heterocycles. The fourth-order valence-corrected chi connectivity index (χ4v) is 4.67. The molecule has 3 N–H and O–H groups in total. The Morgan fingerprint density at radius 1 is 1.29 bits per heavy atom. The number of nitrogens with two attached hydrogens (primary N) is 1. The Hall–Kier alpha value is -1.60. The Morgan fingerprint density at radius 2 is 2.04 bits per heavy atom. The number of amides is 1. The second-order valence-corrected chi connectivity index (χ2v) is 8.74. The minimum atomic E-state index is -4.32. The smallest absolute Gasteiger partial charge is 0.352 e. The molecule has 1 saturated carbocycles. The summed E-state index contributed by atoms with van der Waals surface area (Å²) < 4.78 is 38.8. The van der Waals surface area contributed by atoms with E-state index in [9.17, 15) is 18.0 Å². The van der Waals surface area contributed by atoms with E-state index in [1.165, 1.54) is 12.1 Å². The maximum Gasteiger partial charge on any atom is 0.416 e. The van der Waals surface area contributed by atoms with E-state index in [4.69, 9.17) is 5.73 Å². The van der Waals surface area contributed by atoms with Gasteiger partial charge in [0.2, 0.25) is 5.91 Å². The first-order valence-electron chi connectivity index (χ1n) is 10.1. The molecule has 7 heteroatoms. The molecule has 4 atom stereocenters. The summed E-state index contributed by atoms with van der Waals surface area (Å²) in [6.45, 7) is 6.25. The molecule has 0 bridgehead atoms. The van der Waals surface area contributed by atoms with Gasteiger partial charge >= 0.3 is 6.18 Å². The lowest BCUT2D eigenvalue weighted by Gasteiger charge is -2.24. The number of halogens is 3. The van der Waals surface area contributed by atoms with E-state index in [0.29, 0.717) is 36.3 Å². The average Bonchev–Trinajstić information content (AvgIpc) is 3.15. The topological polar surface area (TPSA) is 58.4 Å². The zero-order valence-corrected chi connectivity index (χ0v) is 16.5. The van der Waals surface area contributed by atoms with Gasteiger partial charge in [0.1, 0.15) is 0 Å². The highest BCUT2D eigenvalue weighted by Gasteiger charge is 2.43. The predicted molar refractivity (Wildman–Crippen MR) is 102 cm³/mol. The quantitative estimate of drug-likeness (QED) is 0.774. The van der Waals surface area contributed by atoms with E-state index in [-0.39, 0.29) is 11.9 Å². The molecular formula is C21H30F3N3O. The van der Waals surface area contributed by atoms with Gasteiger partial charge in [-0.1, -0.05) is 32.0 Å². The molecule has 28 heavy (non-hydrogen) atoms. The Kier molecular flexibility index (Phi) is 6.34. The molecule has 1 aliphatic carbocycles. The normalized spacial score (nSPS) is 26.5. The lowest BCUT2D eigenvalue weighted by atomic mass is 9.97. The molecule has 1 aromatic carbocycles. The standard InChI is InChI=1S/C21H30F3N3O/c1-13(2)8-18(25)20(28)26-19-7-6-15-11-27(12-17(15)19)10-14-4-3-5-16(9-14)21(22,23)24/h3-5,9,13,15,17-19H,6-8,10-12,25H2,1-2H3,(H,26,28)/t15-,17?,18+,19?/m0/s1. The average molecular weight is 397 g/mol. The molecule has 1 amide bonds. The second-order valence-electron chi connectivity index (χ2n) is 8.74. The first kappa shape index (κ1) is 21.1. The van der Waals surface area contributed by atoms with Crippen LogP contribution < -0.4 is 11.1 Å². The third-order valence-corrected chi connectivity index (χ3v) is 5.98. The van der Waals surface area contributed by atoms with Gasteiger partial charge in [-0.15, -0.1) is 0 Å². The van der Waals surface area contributed by atoms with Crippen LogP contribution in [-0.4, -0.2) is 36.0 Å². The minimum absolute atomic E-state index is 0.0873.